The van der Waals surface area contributed by atoms with Crippen molar-refractivity contribution in [2.24, 2.45) is 0 Å². The van der Waals surface area contributed by atoms with E-state index in [0.29, 0.717) is 25.1 Å². The molecule has 152 valence electrons. The number of likely N-dealkylation sites (tertiary alicyclic amines) is 1. The van der Waals surface area contributed by atoms with Gasteiger partial charge in [-0.25, -0.2) is 13.9 Å². The predicted octanol–water partition coefficient (Wildman–Crippen LogP) is 4.10. The van der Waals surface area contributed by atoms with Crippen LogP contribution >= 0.6 is 0 Å². The molecule has 4 rings (SSSR count). The number of amides is 1. The Morgan fingerprint density at radius 2 is 2.00 bits per heavy atom. The minimum atomic E-state index is -4.58. The number of fused-ring (bicyclic) bond motifs is 1. The van der Waals surface area contributed by atoms with E-state index in [1.807, 2.05) is 0 Å². The van der Waals surface area contributed by atoms with Crippen molar-refractivity contribution < 1.29 is 22.4 Å². The first-order valence-corrected chi connectivity index (χ1v) is 9.21. The van der Waals surface area contributed by atoms with Gasteiger partial charge in [-0.05, 0) is 37.5 Å². The minimum Gasteiger partial charge on any atom is -0.334 e. The summed E-state index contributed by atoms with van der Waals surface area (Å²) < 4.78 is 54.8. The van der Waals surface area contributed by atoms with E-state index < -0.39 is 23.7 Å². The molecule has 3 aromatic rings. The van der Waals surface area contributed by atoms with Crippen molar-refractivity contribution in [1.82, 2.24) is 19.5 Å². The molecule has 1 atom stereocenters. The molecular weight excluding hydrogens is 388 g/mol. The van der Waals surface area contributed by atoms with Crippen molar-refractivity contribution in [1.29, 1.82) is 0 Å². The van der Waals surface area contributed by atoms with Crippen molar-refractivity contribution >= 4 is 11.6 Å². The van der Waals surface area contributed by atoms with Crippen molar-refractivity contribution in [3.63, 3.8) is 0 Å². The molecule has 0 bridgehead atoms. The standard InChI is InChI=1S/C20H18F4N4O/c1-12-9-17(20(22,23)24)28-18(25-12)11-15(26-28)16-7-4-8-27(16)19(29)10-13-5-2-3-6-14(13)21/h2-3,5-6,9,11,16H,4,7-8,10H2,1H3. The Hall–Kier alpha value is -2.97. The zero-order valence-electron chi connectivity index (χ0n) is 15.6. The van der Waals surface area contributed by atoms with Crippen molar-refractivity contribution in [2.45, 2.75) is 38.4 Å². The van der Waals surface area contributed by atoms with Gasteiger partial charge in [0.15, 0.2) is 5.65 Å². The largest absolute Gasteiger partial charge is 0.433 e. The number of halogens is 4. The van der Waals surface area contributed by atoms with E-state index in [-0.39, 0.29) is 29.2 Å². The predicted molar refractivity (Wildman–Crippen MR) is 96.5 cm³/mol. The average Bonchev–Trinajstić information content (AvgIpc) is 3.28. The molecule has 1 aromatic carbocycles. The van der Waals surface area contributed by atoms with E-state index in [1.165, 1.54) is 19.1 Å². The maximum absolute atomic E-state index is 13.9. The van der Waals surface area contributed by atoms with E-state index in [0.717, 1.165) is 10.6 Å². The van der Waals surface area contributed by atoms with Crippen LogP contribution in [0.15, 0.2) is 36.4 Å². The molecule has 0 spiro atoms. The third-order valence-electron chi connectivity index (χ3n) is 5.08. The summed E-state index contributed by atoms with van der Waals surface area (Å²) >= 11 is 0. The maximum atomic E-state index is 13.9. The van der Waals surface area contributed by atoms with Gasteiger partial charge in [0.05, 0.1) is 18.2 Å². The van der Waals surface area contributed by atoms with Crippen LogP contribution in [0.4, 0.5) is 17.6 Å². The quantitative estimate of drug-likeness (QED) is 0.616. The molecule has 2 aromatic heterocycles. The summed E-state index contributed by atoms with van der Waals surface area (Å²) in [5.74, 6) is -0.742. The minimum absolute atomic E-state index is 0.0840. The molecular formula is C20H18F4N4O. The number of rotatable bonds is 3. The smallest absolute Gasteiger partial charge is 0.334 e. The van der Waals surface area contributed by atoms with Crippen molar-refractivity contribution in [2.75, 3.05) is 6.54 Å². The molecule has 9 heteroatoms. The average molecular weight is 406 g/mol. The van der Waals surface area contributed by atoms with E-state index in [2.05, 4.69) is 10.1 Å². The molecule has 1 saturated heterocycles. The second-order valence-corrected chi connectivity index (χ2v) is 7.13. The van der Waals surface area contributed by atoms with Crippen LogP contribution in [-0.4, -0.2) is 31.9 Å². The lowest BCUT2D eigenvalue weighted by atomic mass is 10.1. The van der Waals surface area contributed by atoms with Crippen molar-refractivity contribution in [3.8, 4) is 0 Å². The molecule has 0 aliphatic carbocycles. The molecule has 3 heterocycles. The van der Waals surface area contributed by atoms with E-state index in [4.69, 9.17) is 0 Å². The molecule has 0 radical (unpaired) electrons. The summed E-state index contributed by atoms with van der Waals surface area (Å²) in [5.41, 5.74) is 0.0483. The van der Waals surface area contributed by atoms with Crippen LogP contribution in [0.1, 0.15) is 41.5 Å². The van der Waals surface area contributed by atoms with Crippen LogP contribution in [0.25, 0.3) is 5.65 Å². The lowest BCUT2D eigenvalue weighted by Crippen LogP contribution is -2.32. The maximum Gasteiger partial charge on any atom is 0.433 e. The lowest BCUT2D eigenvalue weighted by Gasteiger charge is -2.23. The normalized spacial score (nSPS) is 17.3. The molecule has 1 fully saturated rings. The fourth-order valence-electron chi connectivity index (χ4n) is 3.76. The highest BCUT2D eigenvalue weighted by atomic mass is 19.4. The van der Waals surface area contributed by atoms with Crippen molar-refractivity contribution in [3.05, 3.63) is 64.9 Å². The third kappa shape index (κ3) is 3.68. The number of benzene rings is 1. The van der Waals surface area contributed by atoms with Crippen LogP contribution in [0.2, 0.25) is 0 Å². The Labute approximate surface area is 164 Å². The van der Waals surface area contributed by atoms with Gasteiger partial charge >= 0.3 is 6.18 Å². The van der Waals surface area contributed by atoms with Gasteiger partial charge in [-0.3, -0.25) is 4.79 Å². The first-order chi connectivity index (χ1) is 13.7. The number of aryl methyl sites for hydroxylation is 1. The van der Waals surface area contributed by atoms with Gasteiger partial charge in [0.2, 0.25) is 5.91 Å². The Morgan fingerprint density at radius 1 is 1.24 bits per heavy atom. The number of alkyl halides is 3. The Bertz CT molecular complexity index is 1080. The number of carbonyl (C=O) groups excluding carboxylic acids is 1. The van der Waals surface area contributed by atoms with Gasteiger partial charge in [-0.15, -0.1) is 0 Å². The third-order valence-corrected chi connectivity index (χ3v) is 5.08. The SMILES string of the molecule is Cc1cc(C(F)(F)F)n2nc(C3CCCN3C(=O)Cc3ccccc3F)cc2n1. The second-order valence-electron chi connectivity index (χ2n) is 7.13. The number of nitrogens with zero attached hydrogens (tertiary/aromatic N) is 4. The monoisotopic (exact) mass is 406 g/mol. The van der Waals surface area contributed by atoms with Crippen LogP contribution in [0.5, 0.6) is 0 Å². The highest BCUT2D eigenvalue weighted by Crippen LogP contribution is 2.34. The van der Waals surface area contributed by atoms with E-state index in [9.17, 15) is 22.4 Å². The fraction of sp³-hybridized carbons (Fsp3) is 0.350. The van der Waals surface area contributed by atoms with Gasteiger partial charge in [0.1, 0.15) is 11.5 Å². The summed E-state index contributed by atoms with van der Waals surface area (Å²) in [6.07, 6.45) is -3.42. The second kappa shape index (κ2) is 7.13. The summed E-state index contributed by atoms with van der Waals surface area (Å²) in [7, 11) is 0. The van der Waals surface area contributed by atoms with Gasteiger partial charge in [0.25, 0.3) is 0 Å². The van der Waals surface area contributed by atoms with E-state index in [1.54, 1.807) is 23.1 Å². The Morgan fingerprint density at radius 3 is 2.72 bits per heavy atom. The first-order valence-electron chi connectivity index (χ1n) is 9.21. The van der Waals surface area contributed by atoms with Gasteiger partial charge in [-0.2, -0.15) is 18.3 Å². The number of hydrogen-bond acceptors (Lipinski definition) is 3. The lowest BCUT2D eigenvalue weighted by molar-refractivity contribution is -0.142. The highest BCUT2D eigenvalue weighted by molar-refractivity contribution is 5.79. The molecule has 29 heavy (non-hydrogen) atoms. The molecule has 1 aliphatic rings. The summed E-state index contributed by atoms with van der Waals surface area (Å²) in [6, 6.07) is 8.01. The highest BCUT2D eigenvalue weighted by Gasteiger charge is 2.37. The van der Waals surface area contributed by atoms with Crippen LogP contribution < -0.4 is 0 Å². The van der Waals surface area contributed by atoms with E-state index >= 15 is 0 Å². The Kier molecular flexibility index (Phi) is 4.76. The van der Waals surface area contributed by atoms with Gasteiger partial charge < -0.3 is 4.90 Å². The molecule has 1 amide bonds. The topological polar surface area (TPSA) is 50.5 Å². The number of aromatic nitrogens is 3. The zero-order chi connectivity index (χ0) is 20.8. The van der Waals surface area contributed by atoms with Crippen LogP contribution in [-0.2, 0) is 17.4 Å². The first kappa shape index (κ1) is 19.4. The van der Waals surface area contributed by atoms with Gasteiger partial charge in [0, 0.05) is 18.3 Å². The van der Waals surface area contributed by atoms with Crippen LogP contribution in [0.3, 0.4) is 0 Å². The molecule has 5 nitrogen and oxygen atoms in total. The number of hydrogen-bond donors (Lipinski definition) is 0. The zero-order valence-corrected chi connectivity index (χ0v) is 15.6. The molecule has 1 aliphatic heterocycles. The fourth-order valence-corrected chi connectivity index (χ4v) is 3.76. The van der Waals surface area contributed by atoms with Gasteiger partial charge in [-0.1, -0.05) is 18.2 Å². The Balaban J connectivity index is 1.66. The van der Waals surface area contributed by atoms with Crippen LogP contribution in [0, 0.1) is 12.7 Å². The summed E-state index contributed by atoms with van der Waals surface area (Å²) in [4.78, 5) is 18.5. The molecule has 1 unspecified atom stereocenters. The molecule has 0 N–H and O–H groups in total. The molecule has 0 saturated carbocycles. The summed E-state index contributed by atoms with van der Waals surface area (Å²) in [6.45, 7) is 1.94. The number of carbonyl (C=O) groups is 1. The summed E-state index contributed by atoms with van der Waals surface area (Å²) in [5, 5.41) is 4.13.